The summed E-state index contributed by atoms with van der Waals surface area (Å²) in [6.45, 7) is 6.59. The quantitative estimate of drug-likeness (QED) is 0.721. The smallest absolute Gasteiger partial charge is 0.255 e. The molecular weight excluding hydrogens is 328 g/mol. The minimum Gasteiger partial charge on any atom is -0.355 e. The van der Waals surface area contributed by atoms with Gasteiger partial charge in [-0.1, -0.05) is 30.3 Å². The van der Waals surface area contributed by atoms with Gasteiger partial charge in [-0.25, -0.2) is 5.43 Å². The number of H-pyrrole nitrogens is 1. The van der Waals surface area contributed by atoms with Crippen LogP contribution in [0.4, 0.5) is 0 Å². The molecule has 1 aliphatic rings. The number of nitrogens with one attached hydrogen (secondary N) is 3. The van der Waals surface area contributed by atoms with E-state index in [9.17, 15) is 9.59 Å². The van der Waals surface area contributed by atoms with Crippen LogP contribution in [0.3, 0.4) is 0 Å². The first-order chi connectivity index (χ1) is 12.4. The van der Waals surface area contributed by atoms with Gasteiger partial charge < -0.3 is 9.88 Å². The molecule has 6 nitrogen and oxygen atoms in total. The number of aromatic nitrogens is 1. The Labute approximate surface area is 153 Å². The van der Waals surface area contributed by atoms with Gasteiger partial charge in [0.05, 0.1) is 17.3 Å². The fourth-order valence-corrected chi connectivity index (χ4v) is 3.77. The molecule has 2 atom stereocenters. The zero-order valence-electron chi connectivity index (χ0n) is 15.7. The van der Waals surface area contributed by atoms with E-state index in [1.165, 1.54) is 12.5 Å². The zero-order chi connectivity index (χ0) is 18.8. The van der Waals surface area contributed by atoms with Crippen LogP contribution in [0.1, 0.15) is 50.6 Å². The molecule has 6 heteroatoms. The molecular formula is C20H26N4O2. The lowest BCUT2D eigenvalue weighted by atomic mass is 9.94. The Hall–Kier alpha value is -2.44. The van der Waals surface area contributed by atoms with Crippen molar-refractivity contribution in [2.45, 2.75) is 26.8 Å². The molecule has 0 saturated carbocycles. The number of amides is 1. The van der Waals surface area contributed by atoms with Gasteiger partial charge in [-0.2, -0.15) is 0 Å². The average Bonchev–Trinajstić information content (AvgIpc) is 3.19. The highest BCUT2D eigenvalue weighted by molar-refractivity contribution is 6.02. The Kier molecular flexibility index (Phi) is 5.25. The second-order valence-corrected chi connectivity index (χ2v) is 7.04. The van der Waals surface area contributed by atoms with E-state index in [1.807, 2.05) is 39.1 Å². The SMILES string of the molecule is CC(=O)c1[nH]c(C)c(C(=O)N(C)CC2CNNC2c2ccccc2)c1C. The van der Waals surface area contributed by atoms with Crippen molar-refractivity contribution < 1.29 is 9.59 Å². The van der Waals surface area contributed by atoms with Crippen molar-refractivity contribution in [1.29, 1.82) is 0 Å². The average molecular weight is 354 g/mol. The lowest BCUT2D eigenvalue weighted by Crippen LogP contribution is -2.35. The van der Waals surface area contributed by atoms with Gasteiger partial charge in [-0.3, -0.25) is 15.0 Å². The van der Waals surface area contributed by atoms with Gasteiger partial charge in [0, 0.05) is 38.7 Å². The molecule has 1 fully saturated rings. The zero-order valence-corrected chi connectivity index (χ0v) is 15.7. The van der Waals surface area contributed by atoms with Gasteiger partial charge in [-0.15, -0.1) is 0 Å². The van der Waals surface area contributed by atoms with E-state index in [0.29, 0.717) is 17.8 Å². The summed E-state index contributed by atoms with van der Waals surface area (Å²) in [7, 11) is 1.82. The fraction of sp³-hybridized carbons (Fsp3) is 0.400. The lowest BCUT2D eigenvalue weighted by Gasteiger charge is -2.25. The Morgan fingerprint density at radius 2 is 1.88 bits per heavy atom. The van der Waals surface area contributed by atoms with Crippen LogP contribution in [0.15, 0.2) is 30.3 Å². The Bertz CT molecular complexity index is 813. The van der Waals surface area contributed by atoms with Gasteiger partial charge >= 0.3 is 0 Å². The van der Waals surface area contributed by atoms with Crippen LogP contribution in [0.5, 0.6) is 0 Å². The van der Waals surface area contributed by atoms with E-state index in [-0.39, 0.29) is 23.7 Å². The largest absolute Gasteiger partial charge is 0.355 e. The first kappa shape index (κ1) is 18.4. The summed E-state index contributed by atoms with van der Waals surface area (Å²) in [6, 6.07) is 10.4. The number of benzene rings is 1. The summed E-state index contributed by atoms with van der Waals surface area (Å²) in [5.41, 5.74) is 10.3. The third kappa shape index (κ3) is 3.43. The molecule has 1 saturated heterocycles. The van der Waals surface area contributed by atoms with Crippen LogP contribution in [0, 0.1) is 19.8 Å². The standard InChI is InChI=1S/C20H26N4O2/c1-12-17(13(2)22-18(12)14(3)25)20(26)24(4)11-16-10-21-23-19(16)15-8-6-5-7-9-15/h5-9,16,19,21-23H,10-11H2,1-4H3. The summed E-state index contributed by atoms with van der Waals surface area (Å²) in [4.78, 5) is 29.5. The van der Waals surface area contributed by atoms with Gasteiger partial charge in [0.2, 0.25) is 0 Å². The predicted molar refractivity (Wildman–Crippen MR) is 101 cm³/mol. The first-order valence-electron chi connectivity index (χ1n) is 8.89. The molecule has 1 aromatic carbocycles. The number of hydrogen-bond acceptors (Lipinski definition) is 4. The van der Waals surface area contributed by atoms with E-state index in [0.717, 1.165) is 17.8 Å². The van der Waals surface area contributed by atoms with Crippen LogP contribution < -0.4 is 10.9 Å². The molecule has 3 N–H and O–H groups in total. The molecule has 0 bridgehead atoms. The van der Waals surface area contributed by atoms with Crippen molar-refractivity contribution in [3.05, 3.63) is 58.4 Å². The van der Waals surface area contributed by atoms with Crippen molar-refractivity contribution in [2.75, 3.05) is 20.1 Å². The molecule has 26 heavy (non-hydrogen) atoms. The topological polar surface area (TPSA) is 77.2 Å². The van der Waals surface area contributed by atoms with E-state index in [4.69, 9.17) is 0 Å². The Morgan fingerprint density at radius 3 is 2.50 bits per heavy atom. The number of nitrogens with zero attached hydrogens (tertiary/aromatic N) is 1. The number of carbonyl (C=O) groups is 2. The third-order valence-electron chi connectivity index (χ3n) is 5.11. The number of hydrogen-bond donors (Lipinski definition) is 3. The number of hydrazine groups is 1. The molecule has 0 radical (unpaired) electrons. The normalized spacial score (nSPS) is 19.5. The molecule has 1 aliphatic heterocycles. The highest BCUT2D eigenvalue weighted by Gasteiger charge is 2.31. The molecule has 1 amide bonds. The van der Waals surface area contributed by atoms with E-state index in [1.54, 1.807) is 4.90 Å². The molecule has 0 aliphatic carbocycles. The van der Waals surface area contributed by atoms with Crippen molar-refractivity contribution in [1.82, 2.24) is 20.7 Å². The molecule has 2 unspecified atom stereocenters. The number of Topliss-reactive ketones (excluding diaryl/α,β-unsaturated/α-hetero) is 1. The van der Waals surface area contributed by atoms with E-state index < -0.39 is 0 Å². The van der Waals surface area contributed by atoms with Crippen molar-refractivity contribution in [3.8, 4) is 0 Å². The second-order valence-electron chi connectivity index (χ2n) is 7.04. The maximum atomic E-state index is 13.0. The van der Waals surface area contributed by atoms with Gasteiger partial charge in [-0.05, 0) is 25.0 Å². The highest BCUT2D eigenvalue weighted by Crippen LogP contribution is 2.26. The third-order valence-corrected chi connectivity index (χ3v) is 5.11. The van der Waals surface area contributed by atoms with E-state index in [2.05, 4.69) is 28.0 Å². The van der Waals surface area contributed by atoms with Crippen molar-refractivity contribution in [2.24, 2.45) is 5.92 Å². The van der Waals surface area contributed by atoms with Crippen molar-refractivity contribution in [3.63, 3.8) is 0 Å². The molecule has 1 aromatic heterocycles. The number of rotatable bonds is 5. The summed E-state index contributed by atoms with van der Waals surface area (Å²) >= 11 is 0. The number of aromatic amines is 1. The van der Waals surface area contributed by atoms with Crippen LogP contribution >= 0.6 is 0 Å². The maximum Gasteiger partial charge on any atom is 0.255 e. The molecule has 2 aromatic rings. The molecule has 138 valence electrons. The van der Waals surface area contributed by atoms with Gasteiger partial charge in [0.15, 0.2) is 5.78 Å². The Morgan fingerprint density at radius 1 is 1.19 bits per heavy atom. The maximum absolute atomic E-state index is 13.0. The fourth-order valence-electron chi connectivity index (χ4n) is 3.77. The lowest BCUT2D eigenvalue weighted by molar-refractivity contribution is 0.0770. The number of carbonyl (C=O) groups excluding carboxylic acids is 2. The van der Waals surface area contributed by atoms with Crippen LogP contribution in [0.2, 0.25) is 0 Å². The van der Waals surface area contributed by atoms with Crippen molar-refractivity contribution >= 4 is 11.7 Å². The predicted octanol–water partition coefficient (Wildman–Crippen LogP) is 2.37. The first-order valence-corrected chi connectivity index (χ1v) is 8.89. The molecule has 2 heterocycles. The number of aryl methyl sites for hydroxylation is 1. The molecule has 3 rings (SSSR count). The van der Waals surface area contributed by atoms with Gasteiger partial charge in [0.1, 0.15) is 0 Å². The van der Waals surface area contributed by atoms with Crippen LogP contribution in [-0.2, 0) is 0 Å². The van der Waals surface area contributed by atoms with Gasteiger partial charge in [0.25, 0.3) is 5.91 Å². The summed E-state index contributed by atoms with van der Waals surface area (Å²) in [5.74, 6) is 0.154. The monoisotopic (exact) mass is 354 g/mol. The number of ketones is 1. The summed E-state index contributed by atoms with van der Waals surface area (Å²) < 4.78 is 0. The second kappa shape index (κ2) is 7.43. The minimum absolute atomic E-state index is 0.0533. The Balaban J connectivity index is 1.77. The minimum atomic E-state index is -0.0550. The summed E-state index contributed by atoms with van der Waals surface area (Å²) in [5, 5.41) is 0. The summed E-state index contributed by atoms with van der Waals surface area (Å²) in [6.07, 6.45) is 0. The van der Waals surface area contributed by atoms with Crippen LogP contribution in [0.25, 0.3) is 0 Å². The van der Waals surface area contributed by atoms with Crippen LogP contribution in [-0.4, -0.2) is 41.7 Å². The van der Waals surface area contributed by atoms with E-state index >= 15 is 0 Å². The highest BCUT2D eigenvalue weighted by atomic mass is 16.2. The molecule has 0 spiro atoms.